The lowest BCUT2D eigenvalue weighted by Crippen LogP contribution is -2.46. The number of pyridine rings is 1. The molecule has 2 fully saturated rings. The monoisotopic (exact) mass is 543 g/mol. The molecule has 3 heterocycles. The molecule has 1 atom stereocenters. The lowest BCUT2D eigenvalue weighted by molar-refractivity contribution is -0.154. The fourth-order valence-corrected chi connectivity index (χ4v) is 3.59. The van der Waals surface area contributed by atoms with Crippen LogP contribution >= 0.6 is 24.0 Å². The van der Waals surface area contributed by atoms with E-state index in [1.807, 2.05) is 6.92 Å². The SMILES string of the molecule is CCNC(=NCc1cccnc1OCC(F)(F)F)N1CCC(N2CCOCC2)C1.I. The summed E-state index contributed by atoms with van der Waals surface area (Å²) in [6, 6.07) is 3.82. The number of aromatic nitrogens is 1. The number of likely N-dealkylation sites (tertiary alicyclic amines) is 1. The molecule has 11 heteroatoms. The third kappa shape index (κ3) is 7.41. The number of guanidine groups is 1. The Balaban J connectivity index is 0.00000320. The molecule has 7 nitrogen and oxygen atoms in total. The molecule has 1 aromatic heterocycles. The van der Waals surface area contributed by atoms with E-state index in [0.717, 1.165) is 51.8 Å². The Hall–Kier alpha value is -1.34. The molecule has 0 spiro atoms. The van der Waals surface area contributed by atoms with Crippen LogP contribution in [0.15, 0.2) is 23.3 Å². The molecular formula is C19H29F3IN5O2. The van der Waals surface area contributed by atoms with Crippen LogP contribution in [0.25, 0.3) is 0 Å². The molecule has 2 saturated heterocycles. The van der Waals surface area contributed by atoms with Crippen molar-refractivity contribution in [1.29, 1.82) is 0 Å². The van der Waals surface area contributed by atoms with Gasteiger partial charge >= 0.3 is 6.18 Å². The maximum atomic E-state index is 12.5. The number of morpholine rings is 1. The van der Waals surface area contributed by atoms with Gasteiger partial charge in [-0.05, 0) is 19.4 Å². The fourth-order valence-electron chi connectivity index (χ4n) is 3.59. The molecule has 0 aromatic carbocycles. The third-order valence-corrected chi connectivity index (χ3v) is 4.98. The predicted octanol–water partition coefficient (Wildman–Crippen LogP) is 2.51. The Morgan fingerprint density at radius 2 is 2.10 bits per heavy atom. The molecule has 2 aliphatic rings. The summed E-state index contributed by atoms with van der Waals surface area (Å²) in [7, 11) is 0. The fraction of sp³-hybridized carbons (Fsp3) is 0.684. The number of alkyl halides is 3. The van der Waals surface area contributed by atoms with Gasteiger partial charge in [-0.25, -0.2) is 9.98 Å². The van der Waals surface area contributed by atoms with E-state index in [-0.39, 0.29) is 36.4 Å². The highest BCUT2D eigenvalue weighted by atomic mass is 127. The van der Waals surface area contributed by atoms with Crippen molar-refractivity contribution in [3.63, 3.8) is 0 Å². The molecule has 1 N–H and O–H groups in total. The van der Waals surface area contributed by atoms with Gasteiger partial charge < -0.3 is 19.7 Å². The third-order valence-electron chi connectivity index (χ3n) is 4.98. The van der Waals surface area contributed by atoms with E-state index >= 15 is 0 Å². The number of hydrogen-bond acceptors (Lipinski definition) is 5. The van der Waals surface area contributed by atoms with Gasteiger partial charge in [-0.2, -0.15) is 13.2 Å². The van der Waals surface area contributed by atoms with E-state index < -0.39 is 12.8 Å². The highest BCUT2D eigenvalue weighted by Crippen LogP contribution is 2.21. The minimum Gasteiger partial charge on any atom is -0.468 e. The van der Waals surface area contributed by atoms with Crippen molar-refractivity contribution < 1.29 is 22.6 Å². The summed E-state index contributed by atoms with van der Waals surface area (Å²) in [5.41, 5.74) is 0.524. The first-order valence-electron chi connectivity index (χ1n) is 9.95. The second-order valence-electron chi connectivity index (χ2n) is 7.08. The summed E-state index contributed by atoms with van der Waals surface area (Å²) >= 11 is 0. The van der Waals surface area contributed by atoms with Crippen LogP contribution in [0.5, 0.6) is 5.88 Å². The Kier molecular flexibility index (Phi) is 9.88. The predicted molar refractivity (Wildman–Crippen MR) is 118 cm³/mol. The smallest absolute Gasteiger partial charge is 0.422 e. The van der Waals surface area contributed by atoms with Gasteiger partial charge in [0.15, 0.2) is 12.6 Å². The second-order valence-corrected chi connectivity index (χ2v) is 7.08. The van der Waals surface area contributed by atoms with Gasteiger partial charge in [-0.1, -0.05) is 6.07 Å². The van der Waals surface area contributed by atoms with Crippen molar-refractivity contribution in [1.82, 2.24) is 20.1 Å². The topological polar surface area (TPSA) is 62.2 Å². The summed E-state index contributed by atoms with van der Waals surface area (Å²) in [4.78, 5) is 13.2. The quantitative estimate of drug-likeness (QED) is 0.338. The largest absolute Gasteiger partial charge is 0.468 e. The molecule has 2 aliphatic heterocycles. The van der Waals surface area contributed by atoms with Crippen LogP contribution in [0.3, 0.4) is 0 Å². The summed E-state index contributed by atoms with van der Waals surface area (Å²) < 4.78 is 47.7. The number of ether oxygens (including phenoxy) is 2. The van der Waals surface area contributed by atoms with Crippen molar-refractivity contribution in [3.05, 3.63) is 23.9 Å². The van der Waals surface area contributed by atoms with Gasteiger partial charge in [0.25, 0.3) is 0 Å². The van der Waals surface area contributed by atoms with Crippen molar-refractivity contribution in [2.24, 2.45) is 4.99 Å². The molecule has 1 aromatic rings. The van der Waals surface area contributed by atoms with E-state index in [1.54, 1.807) is 12.1 Å². The second kappa shape index (κ2) is 11.9. The van der Waals surface area contributed by atoms with Crippen molar-refractivity contribution in [2.45, 2.75) is 32.1 Å². The normalized spacial score (nSPS) is 20.7. The number of nitrogens with zero attached hydrogens (tertiary/aromatic N) is 4. The molecule has 0 aliphatic carbocycles. The molecule has 3 rings (SSSR count). The molecule has 0 radical (unpaired) electrons. The van der Waals surface area contributed by atoms with Gasteiger partial charge in [-0.15, -0.1) is 24.0 Å². The lowest BCUT2D eigenvalue weighted by atomic mass is 10.2. The Morgan fingerprint density at radius 1 is 1.33 bits per heavy atom. The zero-order valence-corrected chi connectivity index (χ0v) is 19.4. The summed E-state index contributed by atoms with van der Waals surface area (Å²) in [5.74, 6) is 0.728. The van der Waals surface area contributed by atoms with Crippen molar-refractivity contribution >= 4 is 29.9 Å². The molecule has 0 saturated carbocycles. The van der Waals surface area contributed by atoms with E-state index in [2.05, 4.69) is 25.1 Å². The highest BCUT2D eigenvalue weighted by Gasteiger charge is 2.31. The van der Waals surface area contributed by atoms with Crippen LogP contribution in [-0.2, 0) is 11.3 Å². The molecule has 0 bridgehead atoms. The lowest BCUT2D eigenvalue weighted by Gasteiger charge is -2.32. The summed E-state index contributed by atoms with van der Waals surface area (Å²) in [6.45, 7) is 6.72. The van der Waals surface area contributed by atoms with Crippen molar-refractivity contribution in [3.8, 4) is 5.88 Å². The Morgan fingerprint density at radius 3 is 2.80 bits per heavy atom. The van der Waals surface area contributed by atoms with Crippen LogP contribution in [0.4, 0.5) is 13.2 Å². The number of aliphatic imine (C=N–C) groups is 1. The zero-order valence-electron chi connectivity index (χ0n) is 17.0. The van der Waals surface area contributed by atoms with Crippen molar-refractivity contribution in [2.75, 3.05) is 52.5 Å². The number of halogens is 4. The van der Waals surface area contributed by atoms with E-state index in [4.69, 9.17) is 9.47 Å². The average molecular weight is 543 g/mol. The maximum Gasteiger partial charge on any atom is 0.422 e. The minimum absolute atomic E-state index is 0. The molecule has 30 heavy (non-hydrogen) atoms. The number of rotatable bonds is 6. The Bertz CT molecular complexity index is 686. The van der Waals surface area contributed by atoms with Gasteiger partial charge in [0.2, 0.25) is 5.88 Å². The van der Waals surface area contributed by atoms with Crippen LogP contribution < -0.4 is 10.1 Å². The first-order valence-corrected chi connectivity index (χ1v) is 9.95. The first-order chi connectivity index (χ1) is 14.0. The van der Waals surface area contributed by atoms with Gasteiger partial charge in [-0.3, -0.25) is 4.90 Å². The van der Waals surface area contributed by atoms with Crippen LogP contribution in [-0.4, -0.2) is 85.5 Å². The molecule has 0 amide bonds. The van der Waals surface area contributed by atoms with E-state index in [9.17, 15) is 13.2 Å². The van der Waals surface area contributed by atoms with Crippen LogP contribution in [0, 0.1) is 0 Å². The van der Waals surface area contributed by atoms with Gasteiger partial charge in [0.1, 0.15) is 0 Å². The Labute approximate surface area is 192 Å². The first kappa shape index (κ1) is 24.9. The van der Waals surface area contributed by atoms with Crippen LogP contribution in [0.2, 0.25) is 0 Å². The average Bonchev–Trinajstić information content (AvgIpc) is 3.20. The molecule has 1 unspecified atom stereocenters. The zero-order chi connectivity index (χ0) is 20.7. The molecular weight excluding hydrogens is 514 g/mol. The standard InChI is InChI=1S/C19H28F3N5O2.HI/c1-2-23-18(27-7-5-16(13-27)26-8-10-28-11-9-26)25-12-15-4-3-6-24-17(15)29-14-19(20,21)22;/h3-4,6,16H,2,5,7-14H2,1H3,(H,23,25);1H. The highest BCUT2D eigenvalue weighted by molar-refractivity contribution is 14.0. The number of hydrogen-bond donors (Lipinski definition) is 1. The summed E-state index contributed by atoms with van der Waals surface area (Å²) in [5, 5.41) is 3.29. The minimum atomic E-state index is -4.41. The van der Waals surface area contributed by atoms with Gasteiger partial charge in [0.05, 0.1) is 19.8 Å². The number of nitrogens with one attached hydrogen (secondary N) is 1. The van der Waals surface area contributed by atoms with Crippen LogP contribution in [0.1, 0.15) is 18.9 Å². The van der Waals surface area contributed by atoms with Gasteiger partial charge in [0, 0.05) is 50.5 Å². The molecule has 170 valence electrons. The maximum absolute atomic E-state index is 12.5. The van der Waals surface area contributed by atoms with E-state index in [0.29, 0.717) is 18.2 Å². The van der Waals surface area contributed by atoms with E-state index in [1.165, 1.54) is 6.20 Å². The summed E-state index contributed by atoms with van der Waals surface area (Å²) in [6.07, 6.45) is -1.94.